The van der Waals surface area contributed by atoms with E-state index in [1.54, 1.807) is 4.68 Å². The Labute approximate surface area is 153 Å². The molecule has 138 valence electrons. The average molecular weight is 355 g/mol. The molecule has 2 aliphatic heterocycles. The molecule has 1 unspecified atom stereocenters. The van der Waals surface area contributed by atoms with E-state index in [9.17, 15) is 4.79 Å². The van der Waals surface area contributed by atoms with Gasteiger partial charge in [-0.3, -0.25) is 4.68 Å². The molecule has 26 heavy (non-hydrogen) atoms. The number of nitrogens with one attached hydrogen (secondary N) is 1. The molecule has 1 fully saturated rings. The fourth-order valence-corrected chi connectivity index (χ4v) is 3.69. The van der Waals surface area contributed by atoms with Crippen LogP contribution >= 0.6 is 0 Å². The van der Waals surface area contributed by atoms with Crippen molar-refractivity contribution < 1.29 is 9.53 Å². The summed E-state index contributed by atoms with van der Waals surface area (Å²) < 4.78 is 7.50. The van der Waals surface area contributed by atoms with Gasteiger partial charge in [0, 0.05) is 51.9 Å². The number of piperazine rings is 1. The van der Waals surface area contributed by atoms with Crippen LogP contribution in [0.2, 0.25) is 0 Å². The minimum absolute atomic E-state index is 0.0276. The number of rotatable bonds is 3. The summed E-state index contributed by atoms with van der Waals surface area (Å²) in [4.78, 5) is 16.7. The zero-order valence-electron chi connectivity index (χ0n) is 15.1. The maximum atomic E-state index is 12.5. The third-order valence-corrected chi connectivity index (χ3v) is 5.21. The third-order valence-electron chi connectivity index (χ3n) is 5.21. The highest BCUT2D eigenvalue weighted by molar-refractivity contribution is 5.74. The summed E-state index contributed by atoms with van der Waals surface area (Å²) in [6.45, 7) is 4.48. The molecule has 1 atom stereocenters. The van der Waals surface area contributed by atoms with E-state index in [-0.39, 0.29) is 6.03 Å². The molecule has 4 rings (SSSR count). The molecular formula is C19H25N5O2. The largest absolute Gasteiger partial charge is 0.493 e. The van der Waals surface area contributed by atoms with Crippen molar-refractivity contribution in [3.63, 3.8) is 0 Å². The smallest absolute Gasteiger partial charge is 0.317 e. The number of ether oxygens (including phenoxy) is 1. The number of benzene rings is 1. The Morgan fingerprint density at radius 3 is 2.85 bits per heavy atom. The number of hydrogen-bond acceptors (Lipinski definition) is 4. The first-order chi connectivity index (χ1) is 12.7. The minimum Gasteiger partial charge on any atom is -0.493 e. The first-order valence-electron chi connectivity index (χ1n) is 9.19. The first-order valence-corrected chi connectivity index (χ1v) is 9.19. The van der Waals surface area contributed by atoms with Crippen molar-refractivity contribution in [2.45, 2.75) is 12.3 Å². The molecule has 1 aromatic carbocycles. The van der Waals surface area contributed by atoms with Crippen LogP contribution < -0.4 is 15.0 Å². The highest BCUT2D eigenvalue weighted by Gasteiger charge is 2.25. The third kappa shape index (κ3) is 3.47. The van der Waals surface area contributed by atoms with Crippen molar-refractivity contribution in [1.29, 1.82) is 0 Å². The van der Waals surface area contributed by atoms with Gasteiger partial charge in [0.05, 0.1) is 18.5 Å². The van der Waals surface area contributed by atoms with E-state index in [2.05, 4.69) is 21.4 Å². The lowest BCUT2D eigenvalue weighted by Gasteiger charge is -2.35. The quantitative estimate of drug-likeness (QED) is 0.912. The molecule has 2 aromatic rings. The highest BCUT2D eigenvalue weighted by Crippen LogP contribution is 2.32. The van der Waals surface area contributed by atoms with Crippen LogP contribution in [0, 0.1) is 0 Å². The number of anilines is 1. The Morgan fingerprint density at radius 1 is 1.27 bits per heavy atom. The molecule has 1 saturated heterocycles. The monoisotopic (exact) mass is 355 g/mol. The fraction of sp³-hybridized carbons (Fsp3) is 0.474. The lowest BCUT2D eigenvalue weighted by atomic mass is 9.93. The Kier molecular flexibility index (Phi) is 4.69. The van der Waals surface area contributed by atoms with Crippen LogP contribution in [0.3, 0.4) is 0 Å². The van der Waals surface area contributed by atoms with Crippen molar-refractivity contribution in [3.8, 4) is 5.75 Å². The van der Waals surface area contributed by atoms with Crippen molar-refractivity contribution in [1.82, 2.24) is 20.0 Å². The van der Waals surface area contributed by atoms with Crippen molar-refractivity contribution in [2.75, 3.05) is 44.2 Å². The SMILES string of the molecule is Cn1cc(N2CCN(C(=O)NCC3CCOc4ccccc43)CC2)cn1. The summed E-state index contributed by atoms with van der Waals surface area (Å²) in [7, 11) is 1.92. The van der Waals surface area contributed by atoms with Crippen LogP contribution in [-0.4, -0.2) is 60.0 Å². The number of para-hydroxylation sites is 1. The van der Waals surface area contributed by atoms with Crippen molar-refractivity contribution in [3.05, 3.63) is 42.2 Å². The standard InChI is InChI=1S/C19H25N5O2/c1-22-14-16(13-21-22)23-7-9-24(10-8-23)19(25)20-12-15-6-11-26-18-5-3-2-4-17(15)18/h2-5,13-15H,6-12H2,1H3,(H,20,25). The normalized spacial score (nSPS) is 19.7. The Balaban J connectivity index is 1.29. The van der Waals surface area contributed by atoms with Crippen LogP contribution in [0.4, 0.5) is 10.5 Å². The summed E-state index contributed by atoms with van der Waals surface area (Å²) in [5.74, 6) is 1.27. The fourth-order valence-electron chi connectivity index (χ4n) is 3.69. The maximum Gasteiger partial charge on any atom is 0.317 e. The second kappa shape index (κ2) is 7.27. The van der Waals surface area contributed by atoms with Gasteiger partial charge in [-0.05, 0) is 18.1 Å². The zero-order valence-corrected chi connectivity index (χ0v) is 15.1. The number of carbonyl (C=O) groups excluding carboxylic acids is 1. The van der Waals surface area contributed by atoms with Gasteiger partial charge in [-0.25, -0.2) is 4.79 Å². The predicted molar refractivity (Wildman–Crippen MR) is 99.7 cm³/mol. The predicted octanol–water partition coefficient (Wildman–Crippen LogP) is 1.82. The second-order valence-corrected chi connectivity index (χ2v) is 6.90. The van der Waals surface area contributed by atoms with Gasteiger partial charge in [-0.1, -0.05) is 18.2 Å². The highest BCUT2D eigenvalue weighted by atomic mass is 16.5. The molecule has 0 aliphatic carbocycles. The lowest BCUT2D eigenvalue weighted by Crippen LogP contribution is -2.52. The van der Waals surface area contributed by atoms with Crippen molar-refractivity contribution >= 4 is 11.7 Å². The van der Waals surface area contributed by atoms with Gasteiger partial charge in [-0.15, -0.1) is 0 Å². The number of carbonyl (C=O) groups is 1. The molecule has 1 aromatic heterocycles. The van der Waals surface area contributed by atoms with E-state index in [1.165, 1.54) is 5.56 Å². The van der Waals surface area contributed by atoms with Crippen LogP contribution in [0.1, 0.15) is 17.9 Å². The molecule has 0 bridgehead atoms. The van der Waals surface area contributed by atoms with Gasteiger partial charge in [0.2, 0.25) is 0 Å². The van der Waals surface area contributed by atoms with Gasteiger partial charge in [-0.2, -0.15) is 5.10 Å². The molecule has 7 heteroatoms. The molecule has 2 amide bonds. The first kappa shape index (κ1) is 16.8. The molecule has 0 spiro atoms. The van der Waals surface area contributed by atoms with Gasteiger partial charge in [0.15, 0.2) is 0 Å². The topological polar surface area (TPSA) is 62.6 Å². The molecule has 1 N–H and O–H groups in total. The Bertz CT molecular complexity index is 767. The number of hydrogen-bond donors (Lipinski definition) is 1. The molecule has 0 saturated carbocycles. The molecule has 3 heterocycles. The van der Waals surface area contributed by atoms with E-state index in [0.29, 0.717) is 19.1 Å². The average Bonchev–Trinajstić information content (AvgIpc) is 3.12. The molecular weight excluding hydrogens is 330 g/mol. The number of fused-ring (bicyclic) bond motifs is 1. The van der Waals surface area contributed by atoms with Gasteiger partial charge in [0.25, 0.3) is 0 Å². The van der Waals surface area contributed by atoms with E-state index in [0.717, 1.165) is 44.0 Å². The number of nitrogens with zero attached hydrogens (tertiary/aromatic N) is 4. The maximum absolute atomic E-state index is 12.5. The van der Waals surface area contributed by atoms with Crippen LogP contribution in [0.15, 0.2) is 36.7 Å². The lowest BCUT2D eigenvalue weighted by molar-refractivity contribution is 0.192. The van der Waals surface area contributed by atoms with E-state index >= 15 is 0 Å². The minimum atomic E-state index is 0.0276. The van der Waals surface area contributed by atoms with Crippen LogP contribution in [0.25, 0.3) is 0 Å². The van der Waals surface area contributed by atoms with Crippen LogP contribution in [0.5, 0.6) is 5.75 Å². The van der Waals surface area contributed by atoms with Gasteiger partial charge in [0.1, 0.15) is 5.75 Å². The number of aryl methyl sites for hydroxylation is 1. The summed E-state index contributed by atoms with van der Waals surface area (Å²) >= 11 is 0. The van der Waals surface area contributed by atoms with Crippen LogP contribution in [-0.2, 0) is 7.05 Å². The number of urea groups is 1. The van der Waals surface area contributed by atoms with E-state index < -0.39 is 0 Å². The number of amides is 2. The second-order valence-electron chi connectivity index (χ2n) is 6.90. The Hall–Kier alpha value is -2.70. The van der Waals surface area contributed by atoms with Gasteiger partial charge < -0.3 is 19.9 Å². The molecule has 7 nitrogen and oxygen atoms in total. The molecule has 2 aliphatic rings. The molecule has 0 radical (unpaired) electrons. The summed E-state index contributed by atoms with van der Waals surface area (Å²) in [5, 5.41) is 7.34. The zero-order chi connectivity index (χ0) is 17.9. The number of aromatic nitrogens is 2. The van der Waals surface area contributed by atoms with E-state index in [1.807, 2.05) is 42.5 Å². The summed E-state index contributed by atoms with van der Waals surface area (Å²) in [5.41, 5.74) is 2.31. The van der Waals surface area contributed by atoms with Gasteiger partial charge >= 0.3 is 6.03 Å². The Morgan fingerprint density at radius 2 is 2.08 bits per heavy atom. The summed E-state index contributed by atoms with van der Waals surface area (Å²) in [6, 6.07) is 8.14. The summed E-state index contributed by atoms with van der Waals surface area (Å²) in [6.07, 6.45) is 4.82. The van der Waals surface area contributed by atoms with E-state index in [4.69, 9.17) is 4.74 Å². The van der Waals surface area contributed by atoms with Crippen molar-refractivity contribution in [2.24, 2.45) is 7.05 Å².